The van der Waals surface area contributed by atoms with Crippen LogP contribution in [0, 0.1) is 11.8 Å². The Kier molecular flexibility index (Phi) is 5.04. The molecular formula is C16H26N4O. The maximum absolute atomic E-state index is 9.02. The molecule has 2 aliphatic rings. The van der Waals surface area contributed by atoms with Crippen molar-refractivity contribution in [1.29, 1.82) is 0 Å². The SMILES string of the molecule is OCc1cn(CC2CCN(C[C@H]3CC=CCC3)CC2)nn1. The molecule has 0 aromatic carbocycles. The minimum absolute atomic E-state index is 0.0196. The van der Waals surface area contributed by atoms with Gasteiger partial charge in [0, 0.05) is 13.1 Å². The molecule has 1 aliphatic heterocycles. The van der Waals surface area contributed by atoms with Crippen molar-refractivity contribution in [2.24, 2.45) is 11.8 Å². The summed E-state index contributed by atoms with van der Waals surface area (Å²) >= 11 is 0. The van der Waals surface area contributed by atoms with Crippen LogP contribution in [0.5, 0.6) is 0 Å². The highest BCUT2D eigenvalue weighted by atomic mass is 16.3. The number of aliphatic hydroxyl groups excluding tert-OH is 1. The van der Waals surface area contributed by atoms with Gasteiger partial charge in [-0.05, 0) is 57.0 Å². The molecule has 0 unspecified atom stereocenters. The highest BCUT2D eigenvalue weighted by Gasteiger charge is 2.22. The van der Waals surface area contributed by atoms with Crippen LogP contribution in [0.25, 0.3) is 0 Å². The van der Waals surface area contributed by atoms with Crippen molar-refractivity contribution in [2.75, 3.05) is 19.6 Å². The maximum atomic E-state index is 9.02. The van der Waals surface area contributed by atoms with Crippen molar-refractivity contribution in [3.8, 4) is 0 Å². The fourth-order valence-electron chi connectivity index (χ4n) is 3.50. The zero-order valence-electron chi connectivity index (χ0n) is 12.7. The molecule has 1 aromatic heterocycles. The van der Waals surface area contributed by atoms with Gasteiger partial charge >= 0.3 is 0 Å². The van der Waals surface area contributed by atoms with Crippen LogP contribution >= 0.6 is 0 Å². The van der Waals surface area contributed by atoms with Gasteiger partial charge in [-0.25, -0.2) is 0 Å². The molecule has 3 rings (SSSR count). The van der Waals surface area contributed by atoms with Gasteiger partial charge in [-0.3, -0.25) is 4.68 Å². The Morgan fingerprint density at radius 2 is 1.95 bits per heavy atom. The Morgan fingerprint density at radius 3 is 2.62 bits per heavy atom. The number of aromatic nitrogens is 3. The molecule has 1 N–H and O–H groups in total. The minimum Gasteiger partial charge on any atom is -0.390 e. The lowest BCUT2D eigenvalue weighted by Crippen LogP contribution is -2.38. The molecule has 21 heavy (non-hydrogen) atoms. The van der Waals surface area contributed by atoms with Crippen LogP contribution in [-0.4, -0.2) is 44.6 Å². The van der Waals surface area contributed by atoms with E-state index in [1.165, 1.54) is 51.7 Å². The van der Waals surface area contributed by atoms with Crippen LogP contribution in [0.15, 0.2) is 18.3 Å². The second-order valence-corrected chi connectivity index (χ2v) is 6.48. The molecule has 5 heteroatoms. The Hall–Kier alpha value is -1.20. The normalized spacial score (nSPS) is 24.5. The average molecular weight is 290 g/mol. The van der Waals surface area contributed by atoms with Gasteiger partial charge in [-0.2, -0.15) is 0 Å². The number of aliphatic hydroxyl groups is 1. The first-order valence-electron chi connectivity index (χ1n) is 8.20. The van der Waals surface area contributed by atoms with E-state index < -0.39 is 0 Å². The average Bonchev–Trinajstić information content (AvgIpc) is 2.98. The summed E-state index contributed by atoms with van der Waals surface area (Å²) in [6, 6.07) is 0. The molecule has 1 atom stereocenters. The third-order valence-corrected chi connectivity index (χ3v) is 4.79. The fraction of sp³-hybridized carbons (Fsp3) is 0.750. The number of piperidine rings is 1. The summed E-state index contributed by atoms with van der Waals surface area (Å²) in [5, 5.41) is 17.0. The van der Waals surface area contributed by atoms with Crippen molar-refractivity contribution in [2.45, 2.75) is 45.3 Å². The topological polar surface area (TPSA) is 54.2 Å². The molecule has 5 nitrogen and oxygen atoms in total. The first-order valence-corrected chi connectivity index (χ1v) is 8.20. The summed E-state index contributed by atoms with van der Waals surface area (Å²) in [5.41, 5.74) is 0.665. The van der Waals surface area contributed by atoms with Crippen LogP contribution in [0.2, 0.25) is 0 Å². The number of rotatable bonds is 5. The van der Waals surface area contributed by atoms with Crippen LogP contribution < -0.4 is 0 Å². The van der Waals surface area contributed by atoms with Crippen molar-refractivity contribution >= 4 is 0 Å². The van der Waals surface area contributed by atoms with Crippen molar-refractivity contribution in [3.63, 3.8) is 0 Å². The van der Waals surface area contributed by atoms with Crippen LogP contribution in [-0.2, 0) is 13.2 Å². The highest BCUT2D eigenvalue weighted by Crippen LogP contribution is 2.23. The van der Waals surface area contributed by atoms with Gasteiger partial charge in [0.2, 0.25) is 0 Å². The summed E-state index contributed by atoms with van der Waals surface area (Å²) in [4.78, 5) is 2.64. The van der Waals surface area contributed by atoms with Gasteiger partial charge in [-0.15, -0.1) is 5.10 Å². The second kappa shape index (κ2) is 7.18. The summed E-state index contributed by atoms with van der Waals surface area (Å²) in [6.07, 6.45) is 12.9. The Bertz CT molecular complexity index is 463. The minimum atomic E-state index is -0.0196. The number of nitrogens with zero attached hydrogens (tertiary/aromatic N) is 4. The number of hydrogen-bond acceptors (Lipinski definition) is 4. The number of allylic oxidation sites excluding steroid dienone is 2. The molecular weight excluding hydrogens is 264 g/mol. The summed E-state index contributed by atoms with van der Waals surface area (Å²) in [5.74, 6) is 1.56. The predicted molar refractivity (Wildman–Crippen MR) is 81.6 cm³/mol. The molecule has 0 bridgehead atoms. The van der Waals surface area contributed by atoms with Gasteiger partial charge in [0.05, 0.1) is 12.8 Å². The molecule has 1 aromatic rings. The van der Waals surface area contributed by atoms with Crippen molar-refractivity contribution < 1.29 is 5.11 Å². The van der Waals surface area contributed by atoms with Gasteiger partial charge in [0.25, 0.3) is 0 Å². The van der Waals surface area contributed by atoms with Gasteiger partial charge < -0.3 is 10.0 Å². The smallest absolute Gasteiger partial charge is 0.108 e. The van der Waals surface area contributed by atoms with Crippen LogP contribution in [0.3, 0.4) is 0 Å². The largest absolute Gasteiger partial charge is 0.390 e. The molecule has 1 saturated heterocycles. The van der Waals surface area contributed by atoms with Crippen LogP contribution in [0.4, 0.5) is 0 Å². The Balaban J connectivity index is 1.41. The second-order valence-electron chi connectivity index (χ2n) is 6.48. The van der Waals surface area contributed by atoms with E-state index >= 15 is 0 Å². The Morgan fingerprint density at radius 1 is 1.10 bits per heavy atom. The molecule has 2 heterocycles. The molecule has 0 radical (unpaired) electrons. The zero-order chi connectivity index (χ0) is 14.5. The number of likely N-dealkylation sites (tertiary alicyclic amines) is 1. The first-order chi connectivity index (χ1) is 10.3. The van der Waals surface area contributed by atoms with Gasteiger partial charge in [0.1, 0.15) is 5.69 Å². The lowest BCUT2D eigenvalue weighted by atomic mass is 9.91. The van der Waals surface area contributed by atoms with E-state index in [4.69, 9.17) is 5.11 Å². The van der Waals surface area contributed by atoms with E-state index in [1.54, 1.807) is 0 Å². The number of hydrogen-bond donors (Lipinski definition) is 1. The van der Waals surface area contributed by atoms with Gasteiger partial charge in [0.15, 0.2) is 0 Å². The lowest BCUT2D eigenvalue weighted by molar-refractivity contribution is 0.146. The molecule has 1 fully saturated rings. The van der Waals surface area contributed by atoms with E-state index in [-0.39, 0.29) is 6.61 Å². The Labute approximate surface area is 126 Å². The first kappa shape index (κ1) is 14.7. The lowest BCUT2D eigenvalue weighted by Gasteiger charge is -2.34. The van der Waals surface area contributed by atoms with E-state index in [9.17, 15) is 0 Å². The summed E-state index contributed by atoms with van der Waals surface area (Å²) in [7, 11) is 0. The zero-order valence-corrected chi connectivity index (χ0v) is 12.7. The molecule has 0 saturated carbocycles. The molecule has 0 amide bonds. The molecule has 0 spiro atoms. The third-order valence-electron chi connectivity index (χ3n) is 4.79. The van der Waals surface area contributed by atoms with Crippen LogP contribution in [0.1, 0.15) is 37.8 Å². The quantitative estimate of drug-likeness (QED) is 0.841. The standard InChI is InChI=1S/C16H26N4O/c21-13-16-12-20(18-17-16)11-15-6-8-19(9-7-15)10-14-4-2-1-3-5-14/h1-2,12,14-15,21H,3-11,13H2/t14-/m0/s1. The van der Waals surface area contributed by atoms with Crippen molar-refractivity contribution in [1.82, 2.24) is 19.9 Å². The molecule has 1 aliphatic carbocycles. The van der Waals surface area contributed by atoms with E-state index in [0.29, 0.717) is 11.6 Å². The van der Waals surface area contributed by atoms with E-state index in [2.05, 4.69) is 27.4 Å². The third kappa shape index (κ3) is 4.14. The monoisotopic (exact) mass is 290 g/mol. The molecule has 116 valence electrons. The fourth-order valence-corrected chi connectivity index (χ4v) is 3.50. The predicted octanol–water partition coefficient (Wildman–Crippen LogP) is 1.84. The van der Waals surface area contributed by atoms with Gasteiger partial charge in [-0.1, -0.05) is 17.4 Å². The van der Waals surface area contributed by atoms with Crippen molar-refractivity contribution in [3.05, 3.63) is 24.0 Å². The summed E-state index contributed by atoms with van der Waals surface area (Å²) < 4.78 is 1.89. The van der Waals surface area contributed by atoms with E-state index in [0.717, 1.165) is 12.5 Å². The van der Waals surface area contributed by atoms with E-state index in [1.807, 2.05) is 10.9 Å². The maximum Gasteiger partial charge on any atom is 0.108 e. The summed E-state index contributed by atoms with van der Waals surface area (Å²) in [6.45, 7) is 4.62. The highest BCUT2D eigenvalue weighted by molar-refractivity contribution is 4.92.